The Kier molecular flexibility index (Phi) is 3.49. The summed E-state index contributed by atoms with van der Waals surface area (Å²) in [6.45, 7) is 4.45. The zero-order valence-electron chi connectivity index (χ0n) is 10.3. The SMILES string of the molecule is Cc1ccc(Cc2cc(CN)nc(C)n2)cc1. The van der Waals surface area contributed by atoms with Gasteiger partial charge in [0.25, 0.3) is 0 Å². The van der Waals surface area contributed by atoms with Gasteiger partial charge in [0.1, 0.15) is 5.82 Å². The van der Waals surface area contributed by atoms with Gasteiger partial charge in [0.05, 0.1) is 5.69 Å². The standard InChI is InChI=1S/C14H17N3/c1-10-3-5-12(6-4-10)7-13-8-14(9-15)17-11(2)16-13/h3-6,8H,7,9,15H2,1-2H3. The summed E-state index contributed by atoms with van der Waals surface area (Å²) in [7, 11) is 0. The summed E-state index contributed by atoms with van der Waals surface area (Å²) in [6.07, 6.45) is 0.830. The molecule has 1 aromatic carbocycles. The highest BCUT2D eigenvalue weighted by atomic mass is 14.9. The molecule has 0 aliphatic rings. The summed E-state index contributed by atoms with van der Waals surface area (Å²) in [5.74, 6) is 0.787. The van der Waals surface area contributed by atoms with Gasteiger partial charge in [0, 0.05) is 18.7 Å². The second-order valence-electron chi connectivity index (χ2n) is 4.26. The quantitative estimate of drug-likeness (QED) is 0.874. The number of nitrogens with two attached hydrogens (primary N) is 1. The molecule has 0 spiro atoms. The first-order valence-electron chi connectivity index (χ1n) is 5.76. The van der Waals surface area contributed by atoms with Gasteiger partial charge < -0.3 is 5.73 Å². The molecule has 0 atom stereocenters. The first-order chi connectivity index (χ1) is 8.17. The first kappa shape index (κ1) is 11.7. The van der Waals surface area contributed by atoms with Crippen LogP contribution in [0.5, 0.6) is 0 Å². The highest BCUT2D eigenvalue weighted by Crippen LogP contribution is 2.10. The largest absolute Gasteiger partial charge is 0.325 e. The Hall–Kier alpha value is -1.74. The van der Waals surface area contributed by atoms with Crippen LogP contribution in [-0.4, -0.2) is 9.97 Å². The van der Waals surface area contributed by atoms with Crippen LogP contribution in [0, 0.1) is 13.8 Å². The van der Waals surface area contributed by atoms with E-state index in [1.54, 1.807) is 0 Å². The molecule has 0 fully saturated rings. The molecule has 17 heavy (non-hydrogen) atoms. The maximum Gasteiger partial charge on any atom is 0.125 e. The van der Waals surface area contributed by atoms with Crippen molar-refractivity contribution in [1.82, 2.24) is 9.97 Å². The second kappa shape index (κ2) is 5.06. The highest BCUT2D eigenvalue weighted by Gasteiger charge is 2.02. The van der Waals surface area contributed by atoms with E-state index in [1.165, 1.54) is 11.1 Å². The molecule has 0 bridgehead atoms. The molecular formula is C14H17N3. The van der Waals surface area contributed by atoms with E-state index in [1.807, 2.05) is 13.0 Å². The normalized spacial score (nSPS) is 10.5. The van der Waals surface area contributed by atoms with Crippen LogP contribution in [0.3, 0.4) is 0 Å². The predicted molar refractivity (Wildman–Crippen MR) is 68.6 cm³/mol. The summed E-state index contributed by atoms with van der Waals surface area (Å²) in [5, 5.41) is 0. The molecule has 2 rings (SSSR count). The monoisotopic (exact) mass is 227 g/mol. The van der Waals surface area contributed by atoms with Crippen LogP contribution in [0.4, 0.5) is 0 Å². The number of hydrogen-bond acceptors (Lipinski definition) is 3. The Morgan fingerprint density at radius 3 is 2.29 bits per heavy atom. The smallest absolute Gasteiger partial charge is 0.125 e. The maximum atomic E-state index is 5.61. The molecule has 0 aliphatic carbocycles. The Morgan fingerprint density at radius 1 is 1.00 bits per heavy atom. The Bertz CT molecular complexity index is 503. The molecule has 88 valence electrons. The third-order valence-electron chi connectivity index (χ3n) is 2.66. The van der Waals surface area contributed by atoms with Crippen LogP contribution in [-0.2, 0) is 13.0 Å². The van der Waals surface area contributed by atoms with Gasteiger partial charge in [-0.05, 0) is 25.5 Å². The maximum absolute atomic E-state index is 5.61. The van der Waals surface area contributed by atoms with E-state index in [0.717, 1.165) is 23.6 Å². The molecule has 1 heterocycles. The van der Waals surface area contributed by atoms with Crippen LogP contribution in [0.1, 0.15) is 28.3 Å². The van der Waals surface area contributed by atoms with Gasteiger partial charge in [-0.2, -0.15) is 0 Å². The van der Waals surface area contributed by atoms with Gasteiger partial charge in [-0.1, -0.05) is 29.8 Å². The van der Waals surface area contributed by atoms with Crippen molar-refractivity contribution in [1.29, 1.82) is 0 Å². The van der Waals surface area contributed by atoms with Gasteiger partial charge >= 0.3 is 0 Å². The fourth-order valence-corrected chi connectivity index (χ4v) is 1.81. The average Bonchev–Trinajstić information content (AvgIpc) is 2.31. The van der Waals surface area contributed by atoms with E-state index in [4.69, 9.17) is 5.73 Å². The number of hydrogen-bond donors (Lipinski definition) is 1. The molecule has 2 N–H and O–H groups in total. The summed E-state index contributed by atoms with van der Waals surface area (Å²) in [4.78, 5) is 8.70. The number of aryl methyl sites for hydroxylation is 2. The Balaban J connectivity index is 2.23. The average molecular weight is 227 g/mol. The molecule has 3 nitrogen and oxygen atoms in total. The summed E-state index contributed by atoms with van der Waals surface area (Å²) in [5.41, 5.74) is 10.1. The summed E-state index contributed by atoms with van der Waals surface area (Å²) < 4.78 is 0. The lowest BCUT2D eigenvalue weighted by Gasteiger charge is -2.05. The fraction of sp³-hybridized carbons (Fsp3) is 0.286. The van der Waals surface area contributed by atoms with Crippen molar-refractivity contribution >= 4 is 0 Å². The van der Waals surface area contributed by atoms with Gasteiger partial charge in [-0.15, -0.1) is 0 Å². The van der Waals surface area contributed by atoms with E-state index in [9.17, 15) is 0 Å². The van der Waals surface area contributed by atoms with Gasteiger partial charge in [0.2, 0.25) is 0 Å². The lowest BCUT2D eigenvalue weighted by atomic mass is 10.1. The van der Waals surface area contributed by atoms with Crippen LogP contribution in [0.15, 0.2) is 30.3 Å². The Morgan fingerprint density at radius 2 is 1.65 bits per heavy atom. The Labute approximate surface area is 102 Å². The van der Waals surface area contributed by atoms with Crippen LogP contribution < -0.4 is 5.73 Å². The zero-order chi connectivity index (χ0) is 12.3. The van der Waals surface area contributed by atoms with Gasteiger partial charge in [-0.25, -0.2) is 9.97 Å². The topological polar surface area (TPSA) is 51.8 Å². The molecule has 1 aromatic heterocycles. The van der Waals surface area contributed by atoms with Crippen LogP contribution in [0.25, 0.3) is 0 Å². The fourth-order valence-electron chi connectivity index (χ4n) is 1.81. The first-order valence-corrected chi connectivity index (χ1v) is 5.76. The minimum absolute atomic E-state index is 0.463. The molecule has 2 aromatic rings. The van der Waals surface area contributed by atoms with E-state index in [-0.39, 0.29) is 0 Å². The molecule has 0 saturated carbocycles. The van der Waals surface area contributed by atoms with Crippen molar-refractivity contribution in [2.45, 2.75) is 26.8 Å². The van der Waals surface area contributed by atoms with Crippen molar-refractivity contribution in [2.24, 2.45) is 5.73 Å². The minimum atomic E-state index is 0.463. The summed E-state index contributed by atoms with van der Waals surface area (Å²) >= 11 is 0. The number of nitrogens with zero attached hydrogens (tertiary/aromatic N) is 2. The second-order valence-corrected chi connectivity index (χ2v) is 4.26. The van der Waals surface area contributed by atoms with E-state index in [2.05, 4.69) is 41.2 Å². The van der Waals surface area contributed by atoms with Gasteiger partial charge in [0.15, 0.2) is 0 Å². The lowest BCUT2D eigenvalue weighted by Crippen LogP contribution is -2.05. The third kappa shape index (κ3) is 3.11. The lowest BCUT2D eigenvalue weighted by molar-refractivity contribution is 0.889. The van der Waals surface area contributed by atoms with Crippen molar-refractivity contribution in [3.8, 4) is 0 Å². The molecule has 3 heteroatoms. The molecule has 0 amide bonds. The minimum Gasteiger partial charge on any atom is -0.325 e. The summed E-state index contributed by atoms with van der Waals surface area (Å²) in [6, 6.07) is 10.5. The van der Waals surface area contributed by atoms with E-state index >= 15 is 0 Å². The zero-order valence-corrected chi connectivity index (χ0v) is 10.3. The van der Waals surface area contributed by atoms with Crippen molar-refractivity contribution in [2.75, 3.05) is 0 Å². The van der Waals surface area contributed by atoms with Crippen molar-refractivity contribution in [3.63, 3.8) is 0 Å². The van der Waals surface area contributed by atoms with Crippen LogP contribution >= 0.6 is 0 Å². The predicted octanol–water partition coefficient (Wildman–Crippen LogP) is 2.14. The number of benzene rings is 1. The molecular weight excluding hydrogens is 210 g/mol. The van der Waals surface area contributed by atoms with Crippen molar-refractivity contribution in [3.05, 3.63) is 58.7 Å². The molecule has 0 radical (unpaired) electrons. The highest BCUT2D eigenvalue weighted by molar-refractivity contribution is 5.26. The van der Waals surface area contributed by atoms with Gasteiger partial charge in [-0.3, -0.25) is 0 Å². The van der Waals surface area contributed by atoms with Crippen molar-refractivity contribution < 1.29 is 0 Å². The molecule has 0 saturated heterocycles. The number of rotatable bonds is 3. The third-order valence-corrected chi connectivity index (χ3v) is 2.66. The molecule has 0 aliphatic heterocycles. The molecule has 0 unspecified atom stereocenters. The van der Waals surface area contributed by atoms with E-state index in [0.29, 0.717) is 6.54 Å². The number of aromatic nitrogens is 2. The van der Waals surface area contributed by atoms with Crippen LogP contribution in [0.2, 0.25) is 0 Å². The van der Waals surface area contributed by atoms with E-state index < -0.39 is 0 Å².